The van der Waals surface area contributed by atoms with E-state index < -0.39 is 6.04 Å². The van der Waals surface area contributed by atoms with Gasteiger partial charge in [-0.05, 0) is 28.9 Å². The van der Waals surface area contributed by atoms with E-state index in [0.29, 0.717) is 6.54 Å². The number of hydrogen-bond acceptors (Lipinski definition) is 3. The van der Waals surface area contributed by atoms with Gasteiger partial charge in [0.1, 0.15) is 0 Å². The largest absolute Gasteiger partial charge is 0.339 e. The molecule has 0 saturated heterocycles. The lowest BCUT2D eigenvalue weighted by atomic mass is 10.3. The summed E-state index contributed by atoms with van der Waals surface area (Å²) in [7, 11) is 1.76. The van der Waals surface area contributed by atoms with Crippen molar-refractivity contribution in [2.75, 3.05) is 7.05 Å². The van der Waals surface area contributed by atoms with Crippen molar-refractivity contribution in [1.29, 1.82) is 0 Å². The van der Waals surface area contributed by atoms with Crippen LogP contribution < -0.4 is 5.73 Å². The van der Waals surface area contributed by atoms with Crippen molar-refractivity contribution >= 4 is 33.2 Å². The van der Waals surface area contributed by atoms with Gasteiger partial charge in [-0.2, -0.15) is 0 Å². The molecule has 0 radical (unpaired) electrons. The lowest BCUT2D eigenvalue weighted by Crippen LogP contribution is -2.39. The predicted molar refractivity (Wildman–Crippen MR) is 62.1 cm³/mol. The highest BCUT2D eigenvalue weighted by Gasteiger charge is 2.13. The van der Waals surface area contributed by atoms with E-state index in [2.05, 4.69) is 15.9 Å². The summed E-state index contributed by atoms with van der Waals surface area (Å²) in [5.74, 6) is -0.0328. The maximum absolute atomic E-state index is 11.4. The minimum Gasteiger partial charge on any atom is -0.339 e. The predicted octanol–water partition coefficient (Wildman–Crippen LogP) is 1.82. The first-order chi connectivity index (χ1) is 6.50. The Labute approximate surface area is 96.0 Å². The van der Waals surface area contributed by atoms with Crippen LogP contribution in [0.25, 0.3) is 0 Å². The SMILES string of the molecule is CC(N)C(=O)N(C)Cc1cc(Br)cs1. The molecule has 1 aromatic rings. The van der Waals surface area contributed by atoms with Gasteiger partial charge in [0.2, 0.25) is 5.91 Å². The summed E-state index contributed by atoms with van der Waals surface area (Å²) in [6.07, 6.45) is 0. The van der Waals surface area contributed by atoms with E-state index in [4.69, 9.17) is 5.73 Å². The molecule has 2 N–H and O–H groups in total. The van der Waals surface area contributed by atoms with Gasteiger partial charge in [-0.25, -0.2) is 0 Å². The normalized spacial score (nSPS) is 12.6. The van der Waals surface area contributed by atoms with Crippen LogP contribution in [0.15, 0.2) is 15.9 Å². The van der Waals surface area contributed by atoms with Crippen LogP contribution in [-0.2, 0) is 11.3 Å². The lowest BCUT2D eigenvalue weighted by Gasteiger charge is -2.18. The molecule has 0 aliphatic carbocycles. The number of carbonyl (C=O) groups excluding carboxylic acids is 1. The van der Waals surface area contributed by atoms with E-state index in [1.807, 2.05) is 11.4 Å². The Hall–Kier alpha value is -0.390. The standard InChI is InChI=1S/C9H13BrN2OS/c1-6(11)9(13)12(2)4-8-3-7(10)5-14-8/h3,5-6H,4,11H2,1-2H3. The van der Waals surface area contributed by atoms with E-state index in [1.165, 1.54) is 0 Å². The Bertz CT molecular complexity index is 324. The molecule has 3 nitrogen and oxygen atoms in total. The van der Waals surface area contributed by atoms with Crippen LogP contribution >= 0.6 is 27.3 Å². The zero-order valence-electron chi connectivity index (χ0n) is 8.16. The number of hydrogen-bond donors (Lipinski definition) is 1. The highest BCUT2D eigenvalue weighted by Crippen LogP contribution is 2.20. The number of nitrogens with two attached hydrogens (primary N) is 1. The molecule has 1 atom stereocenters. The van der Waals surface area contributed by atoms with Gasteiger partial charge in [0.25, 0.3) is 0 Å². The number of halogens is 1. The van der Waals surface area contributed by atoms with Crippen LogP contribution in [0.5, 0.6) is 0 Å². The van der Waals surface area contributed by atoms with Crippen molar-refractivity contribution in [3.63, 3.8) is 0 Å². The third-order valence-electron chi connectivity index (χ3n) is 1.78. The summed E-state index contributed by atoms with van der Waals surface area (Å²) < 4.78 is 1.05. The number of nitrogens with zero attached hydrogens (tertiary/aromatic N) is 1. The lowest BCUT2D eigenvalue weighted by molar-refractivity contribution is -0.131. The quantitative estimate of drug-likeness (QED) is 0.916. The monoisotopic (exact) mass is 276 g/mol. The van der Waals surface area contributed by atoms with Crippen LogP contribution in [0.1, 0.15) is 11.8 Å². The number of rotatable bonds is 3. The van der Waals surface area contributed by atoms with Gasteiger partial charge in [0.15, 0.2) is 0 Å². The summed E-state index contributed by atoms with van der Waals surface area (Å²) in [4.78, 5) is 14.2. The van der Waals surface area contributed by atoms with Crippen LogP contribution in [-0.4, -0.2) is 23.9 Å². The van der Waals surface area contributed by atoms with Crippen LogP contribution in [0.4, 0.5) is 0 Å². The Morgan fingerprint density at radius 1 is 1.79 bits per heavy atom. The first-order valence-corrected chi connectivity index (χ1v) is 5.91. The zero-order valence-corrected chi connectivity index (χ0v) is 10.6. The third-order valence-corrected chi connectivity index (χ3v) is 3.46. The Morgan fingerprint density at radius 3 is 2.86 bits per heavy atom. The summed E-state index contributed by atoms with van der Waals surface area (Å²) in [5.41, 5.74) is 5.50. The highest BCUT2D eigenvalue weighted by molar-refractivity contribution is 9.10. The van der Waals surface area contributed by atoms with Gasteiger partial charge in [-0.3, -0.25) is 4.79 Å². The molecule has 0 aliphatic heterocycles. The molecule has 0 fully saturated rings. The summed E-state index contributed by atoms with van der Waals surface area (Å²) in [6, 6.07) is 1.58. The Kier molecular flexibility index (Phi) is 4.10. The molecule has 1 heterocycles. The van der Waals surface area contributed by atoms with E-state index in [-0.39, 0.29) is 5.91 Å². The molecule has 1 unspecified atom stereocenters. The van der Waals surface area contributed by atoms with E-state index >= 15 is 0 Å². The topological polar surface area (TPSA) is 46.3 Å². The average molecular weight is 277 g/mol. The van der Waals surface area contributed by atoms with Crippen LogP contribution in [0.2, 0.25) is 0 Å². The first kappa shape index (κ1) is 11.7. The van der Waals surface area contributed by atoms with E-state index in [0.717, 1.165) is 9.35 Å². The smallest absolute Gasteiger partial charge is 0.239 e. The first-order valence-electron chi connectivity index (χ1n) is 4.24. The van der Waals surface area contributed by atoms with Crippen molar-refractivity contribution in [3.8, 4) is 0 Å². The van der Waals surface area contributed by atoms with Crippen LogP contribution in [0.3, 0.4) is 0 Å². The molecule has 1 amide bonds. The van der Waals surface area contributed by atoms with Gasteiger partial charge >= 0.3 is 0 Å². The summed E-state index contributed by atoms with van der Waals surface area (Å²) in [6.45, 7) is 2.32. The molecule has 1 rings (SSSR count). The van der Waals surface area contributed by atoms with E-state index in [1.54, 1.807) is 30.2 Å². The fourth-order valence-electron chi connectivity index (χ4n) is 1.10. The second-order valence-corrected chi connectivity index (χ2v) is 5.13. The van der Waals surface area contributed by atoms with Crippen molar-refractivity contribution < 1.29 is 4.79 Å². The van der Waals surface area contributed by atoms with Crippen molar-refractivity contribution in [2.45, 2.75) is 19.5 Å². The molecule has 0 saturated carbocycles. The number of amides is 1. The second kappa shape index (κ2) is 4.91. The van der Waals surface area contributed by atoms with Crippen LogP contribution in [0, 0.1) is 0 Å². The highest BCUT2D eigenvalue weighted by atomic mass is 79.9. The Balaban J connectivity index is 2.57. The van der Waals surface area contributed by atoms with Crippen molar-refractivity contribution in [3.05, 3.63) is 20.8 Å². The van der Waals surface area contributed by atoms with Gasteiger partial charge in [0, 0.05) is 21.8 Å². The van der Waals surface area contributed by atoms with Gasteiger partial charge in [-0.1, -0.05) is 0 Å². The molecule has 14 heavy (non-hydrogen) atoms. The number of carbonyl (C=O) groups is 1. The minimum atomic E-state index is -0.427. The minimum absolute atomic E-state index is 0.0328. The Morgan fingerprint density at radius 2 is 2.43 bits per heavy atom. The molecular formula is C9H13BrN2OS. The molecule has 0 bridgehead atoms. The molecule has 1 aromatic heterocycles. The fraction of sp³-hybridized carbons (Fsp3) is 0.444. The van der Waals surface area contributed by atoms with Crippen molar-refractivity contribution in [1.82, 2.24) is 4.90 Å². The molecule has 5 heteroatoms. The zero-order chi connectivity index (χ0) is 10.7. The average Bonchev–Trinajstić information content (AvgIpc) is 2.49. The second-order valence-electron chi connectivity index (χ2n) is 3.21. The number of thiophene rings is 1. The summed E-state index contributed by atoms with van der Waals surface area (Å²) in [5, 5.41) is 2.00. The summed E-state index contributed by atoms with van der Waals surface area (Å²) >= 11 is 5.00. The van der Waals surface area contributed by atoms with Gasteiger partial charge < -0.3 is 10.6 Å². The molecule has 0 aromatic carbocycles. The third kappa shape index (κ3) is 3.08. The molecular weight excluding hydrogens is 264 g/mol. The van der Waals surface area contributed by atoms with Crippen molar-refractivity contribution in [2.24, 2.45) is 5.73 Å². The van der Waals surface area contributed by atoms with E-state index in [9.17, 15) is 4.79 Å². The molecule has 0 spiro atoms. The fourth-order valence-corrected chi connectivity index (χ4v) is 2.60. The number of likely N-dealkylation sites (N-methyl/N-ethyl adjacent to an activating group) is 1. The van der Waals surface area contributed by atoms with Gasteiger partial charge in [0.05, 0.1) is 12.6 Å². The molecule has 78 valence electrons. The molecule has 0 aliphatic rings. The maximum Gasteiger partial charge on any atom is 0.239 e. The van der Waals surface area contributed by atoms with Gasteiger partial charge in [-0.15, -0.1) is 11.3 Å². The maximum atomic E-state index is 11.4.